The van der Waals surface area contributed by atoms with Crippen molar-refractivity contribution < 1.29 is 30.0 Å². The fourth-order valence-corrected chi connectivity index (χ4v) is 5.82. The summed E-state index contributed by atoms with van der Waals surface area (Å²) in [7, 11) is 0. The highest BCUT2D eigenvalue weighted by atomic mass is 127. The number of rotatable bonds is 11. The lowest BCUT2D eigenvalue weighted by molar-refractivity contribution is 0.0682. The molecule has 0 bridgehead atoms. The van der Waals surface area contributed by atoms with E-state index in [0.29, 0.717) is 22.5 Å². The van der Waals surface area contributed by atoms with Crippen molar-refractivity contribution in [2.75, 3.05) is 0 Å². The average molecular weight is 813 g/mol. The molecule has 10 nitrogen and oxygen atoms in total. The molecule has 0 atom stereocenters. The minimum Gasteiger partial charge on any atom is -0.506 e. The molecule has 53 heavy (non-hydrogen) atoms. The van der Waals surface area contributed by atoms with Gasteiger partial charge in [-0.15, -0.1) is 5.11 Å². The lowest BCUT2D eigenvalue weighted by Crippen LogP contribution is -1.97. The number of hydrogen-bond acceptors (Lipinski definition) is 8. The fourth-order valence-electron chi connectivity index (χ4n) is 5.19. The molecule has 4 N–H and O–H groups in total. The Labute approximate surface area is 317 Å². The summed E-state index contributed by atoms with van der Waals surface area (Å²) in [4.78, 5) is 23.7. The van der Waals surface area contributed by atoms with E-state index < -0.39 is 11.9 Å². The number of aromatic carboxylic acids is 2. The average Bonchev–Trinajstić information content (AvgIpc) is 3.17. The summed E-state index contributed by atoms with van der Waals surface area (Å²) in [5.74, 6) is -3.28. The molecule has 0 aliphatic carbocycles. The number of benzene rings is 6. The molecular weight excluding hydrogens is 783 g/mol. The quantitative estimate of drug-likeness (QED) is 0.0577. The van der Waals surface area contributed by atoms with Crippen LogP contribution in [0.3, 0.4) is 0 Å². The first kappa shape index (κ1) is 36.1. The van der Waals surface area contributed by atoms with Crippen LogP contribution in [0.1, 0.15) is 43.0 Å². The predicted octanol–water partition coefficient (Wildman–Crippen LogP) is 11.9. The van der Waals surface area contributed by atoms with Crippen LogP contribution < -0.4 is 0 Å². The van der Waals surface area contributed by atoms with Crippen molar-refractivity contribution in [3.05, 3.63) is 164 Å². The molecule has 6 rings (SSSR count). The molecule has 6 aromatic rings. The van der Waals surface area contributed by atoms with Gasteiger partial charge in [0.05, 0.1) is 22.7 Å². The predicted molar refractivity (Wildman–Crippen MR) is 214 cm³/mol. The zero-order valence-electron chi connectivity index (χ0n) is 27.7. The number of hydrogen-bond donors (Lipinski definition) is 4. The van der Waals surface area contributed by atoms with Crippen LogP contribution in [-0.4, -0.2) is 32.4 Å². The van der Waals surface area contributed by atoms with Crippen molar-refractivity contribution in [2.45, 2.75) is 0 Å². The van der Waals surface area contributed by atoms with E-state index in [-0.39, 0.29) is 34.0 Å². The second-order valence-corrected chi connectivity index (χ2v) is 12.7. The molecule has 0 saturated carbocycles. The minimum atomic E-state index is -1.28. The second-order valence-electron chi connectivity index (χ2n) is 11.6. The summed E-state index contributed by atoms with van der Waals surface area (Å²) in [5.41, 5.74) is 5.24. The van der Waals surface area contributed by atoms with Crippen molar-refractivity contribution in [1.82, 2.24) is 0 Å². The third-order valence-electron chi connectivity index (χ3n) is 7.92. The van der Waals surface area contributed by atoms with Crippen LogP contribution >= 0.6 is 22.6 Å². The van der Waals surface area contributed by atoms with Crippen LogP contribution in [0.25, 0.3) is 35.4 Å². The monoisotopic (exact) mass is 812 g/mol. The van der Waals surface area contributed by atoms with Crippen LogP contribution in [0.4, 0.5) is 22.7 Å². The molecule has 0 fully saturated rings. The highest BCUT2D eigenvalue weighted by molar-refractivity contribution is 14.1. The Morgan fingerprint density at radius 3 is 1.42 bits per heavy atom. The van der Waals surface area contributed by atoms with Crippen LogP contribution in [0.15, 0.2) is 148 Å². The Hall–Kier alpha value is -6.73. The van der Waals surface area contributed by atoms with E-state index in [0.717, 1.165) is 25.8 Å². The number of aromatic hydroxyl groups is 2. The number of carboxylic acids is 2. The molecule has 6 aromatic carbocycles. The van der Waals surface area contributed by atoms with E-state index in [1.807, 2.05) is 84.9 Å². The molecule has 0 aromatic heterocycles. The summed E-state index contributed by atoms with van der Waals surface area (Å²) in [6.45, 7) is 0. The number of halogens is 1. The van der Waals surface area contributed by atoms with Gasteiger partial charge >= 0.3 is 11.9 Å². The minimum absolute atomic E-state index is 0.266. The zero-order chi connectivity index (χ0) is 37.3. The third-order valence-corrected chi connectivity index (χ3v) is 8.79. The van der Waals surface area contributed by atoms with Gasteiger partial charge in [-0.05, 0) is 93.4 Å². The highest BCUT2D eigenvalue weighted by Crippen LogP contribution is 2.35. The Bertz CT molecular complexity index is 2430. The highest BCUT2D eigenvalue weighted by Gasteiger charge is 2.16. The van der Waals surface area contributed by atoms with Gasteiger partial charge in [-0.2, -0.15) is 15.3 Å². The van der Waals surface area contributed by atoms with Crippen LogP contribution in [-0.2, 0) is 0 Å². The third kappa shape index (κ3) is 9.15. The van der Waals surface area contributed by atoms with E-state index >= 15 is 0 Å². The first-order valence-electron chi connectivity index (χ1n) is 16.0. The van der Waals surface area contributed by atoms with E-state index in [1.54, 1.807) is 54.6 Å². The van der Waals surface area contributed by atoms with Gasteiger partial charge in [-0.1, -0.05) is 103 Å². The zero-order valence-corrected chi connectivity index (χ0v) is 29.9. The molecule has 0 unspecified atom stereocenters. The fraction of sp³-hybridized carbons (Fsp3) is 0. The van der Waals surface area contributed by atoms with Crippen LogP contribution in [0.2, 0.25) is 0 Å². The first-order chi connectivity index (χ1) is 25.6. The van der Waals surface area contributed by atoms with Crippen molar-refractivity contribution in [3.63, 3.8) is 0 Å². The second kappa shape index (κ2) is 16.5. The standard InChI is InChI=1S/C42H29IN4O6/c43-37-23-29(17-20-38(37)47-46-34-22-31(40(49)36(25-34)42(52)53)14-12-27-9-5-2-6-10-27)28-15-18-32(19-16-28)44-45-33-21-30(39(48)35(24-33)41(50)51)13-11-26-7-3-1-4-8-26/h1-25,48-49H,(H,50,51)(H,52,53). The van der Waals surface area contributed by atoms with Gasteiger partial charge in [-0.25, -0.2) is 9.59 Å². The van der Waals surface area contributed by atoms with Crippen molar-refractivity contribution in [1.29, 1.82) is 0 Å². The molecule has 0 radical (unpaired) electrons. The largest absolute Gasteiger partial charge is 0.506 e. The molecule has 0 amide bonds. The maximum atomic E-state index is 11.8. The normalized spacial score (nSPS) is 11.6. The molecule has 260 valence electrons. The maximum absolute atomic E-state index is 11.8. The topological polar surface area (TPSA) is 164 Å². The van der Waals surface area contributed by atoms with Crippen LogP contribution in [0.5, 0.6) is 11.5 Å². The molecule has 0 aliphatic heterocycles. The molecule has 0 saturated heterocycles. The van der Waals surface area contributed by atoms with Crippen molar-refractivity contribution in [3.8, 4) is 22.6 Å². The summed E-state index contributed by atoms with van der Waals surface area (Å²) in [6.07, 6.45) is 6.80. The lowest BCUT2D eigenvalue weighted by atomic mass is 10.1. The van der Waals surface area contributed by atoms with Gasteiger partial charge in [-0.3, -0.25) is 0 Å². The van der Waals surface area contributed by atoms with E-state index in [4.69, 9.17) is 0 Å². The number of azo groups is 2. The van der Waals surface area contributed by atoms with E-state index in [9.17, 15) is 30.0 Å². The lowest BCUT2D eigenvalue weighted by Gasteiger charge is -2.07. The van der Waals surface area contributed by atoms with Gasteiger partial charge < -0.3 is 20.4 Å². The summed E-state index contributed by atoms with van der Waals surface area (Å²) in [6, 6.07) is 37.5. The van der Waals surface area contributed by atoms with Gasteiger partial charge in [0, 0.05) is 14.7 Å². The molecule has 0 aliphatic rings. The van der Waals surface area contributed by atoms with Crippen molar-refractivity contribution in [2.24, 2.45) is 20.5 Å². The molecule has 0 spiro atoms. The molecular formula is C42H29IN4O6. The Kier molecular flexibility index (Phi) is 11.2. The first-order valence-corrected chi connectivity index (χ1v) is 17.1. The Morgan fingerprint density at radius 1 is 0.491 bits per heavy atom. The van der Waals surface area contributed by atoms with Crippen LogP contribution in [0, 0.1) is 3.57 Å². The van der Waals surface area contributed by atoms with E-state index in [2.05, 4.69) is 43.0 Å². The van der Waals surface area contributed by atoms with Gasteiger partial charge in [0.15, 0.2) is 0 Å². The summed E-state index contributed by atoms with van der Waals surface area (Å²) in [5, 5.41) is 57.6. The Balaban J connectivity index is 1.18. The SMILES string of the molecule is O=C(O)c1cc(N=Nc2ccc(-c3ccc(N=Nc4cc(C=Cc5ccccc5)c(O)c(C(=O)O)c4)c(I)c3)cc2)cc(C=Cc2ccccc2)c1O. The smallest absolute Gasteiger partial charge is 0.339 e. The number of phenols is 2. The summed E-state index contributed by atoms with van der Waals surface area (Å²) < 4.78 is 0.799. The molecule has 11 heteroatoms. The van der Waals surface area contributed by atoms with Gasteiger partial charge in [0.2, 0.25) is 0 Å². The summed E-state index contributed by atoms with van der Waals surface area (Å²) >= 11 is 2.16. The maximum Gasteiger partial charge on any atom is 0.339 e. The number of nitrogens with zero attached hydrogens (tertiary/aromatic N) is 4. The van der Waals surface area contributed by atoms with Gasteiger partial charge in [0.1, 0.15) is 22.6 Å². The Morgan fingerprint density at radius 2 is 0.943 bits per heavy atom. The van der Waals surface area contributed by atoms with Crippen molar-refractivity contribution >= 4 is 81.6 Å². The van der Waals surface area contributed by atoms with E-state index in [1.165, 1.54) is 12.1 Å². The number of carbonyl (C=O) groups is 2. The number of carboxylic acid groups (broad SMARTS) is 2. The van der Waals surface area contributed by atoms with Gasteiger partial charge in [0.25, 0.3) is 0 Å². The molecule has 0 heterocycles.